The monoisotopic (exact) mass is 182 g/mol. The van der Waals surface area contributed by atoms with Crippen LogP contribution in [-0.4, -0.2) is 25.3 Å². The van der Waals surface area contributed by atoms with Crippen LogP contribution in [0.3, 0.4) is 0 Å². The van der Waals surface area contributed by atoms with Gasteiger partial charge in [0.25, 0.3) is 0 Å². The van der Waals surface area contributed by atoms with Crippen LogP contribution >= 0.6 is 0 Å². The Morgan fingerprint density at radius 3 is 2.77 bits per heavy atom. The van der Waals surface area contributed by atoms with Gasteiger partial charge in [0.05, 0.1) is 12.7 Å². The quantitative estimate of drug-likeness (QED) is 0.673. The Bertz CT molecular complexity index is 196. The lowest BCUT2D eigenvalue weighted by Gasteiger charge is -2.22. The maximum Gasteiger partial charge on any atom is 0.127 e. The molecule has 3 nitrogen and oxygen atoms in total. The minimum atomic E-state index is -0.501. The van der Waals surface area contributed by atoms with Crippen molar-refractivity contribution >= 4 is 0 Å². The molecule has 1 N–H and O–H groups in total. The van der Waals surface area contributed by atoms with Crippen molar-refractivity contribution in [1.82, 2.24) is 5.32 Å². The molecule has 3 heteroatoms. The molecule has 1 aliphatic rings. The first-order valence-electron chi connectivity index (χ1n) is 4.94. The van der Waals surface area contributed by atoms with Crippen molar-refractivity contribution in [3.8, 4) is 6.07 Å². The van der Waals surface area contributed by atoms with E-state index in [1.165, 1.54) is 12.8 Å². The lowest BCUT2D eigenvalue weighted by molar-refractivity contribution is 0.105. The minimum absolute atomic E-state index is 0.479. The van der Waals surface area contributed by atoms with Crippen molar-refractivity contribution in [3.05, 3.63) is 0 Å². The van der Waals surface area contributed by atoms with E-state index < -0.39 is 5.54 Å². The Labute approximate surface area is 80.1 Å². The fourth-order valence-electron chi connectivity index (χ4n) is 1.12. The Morgan fingerprint density at radius 2 is 2.31 bits per heavy atom. The van der Waals surface area contributed by atoms with Gasteiger partial charge in [-0.15, -0.1) is 0 Å². The first-order chi connectivity index (χ1) is 6.20. The van der Waals surface area contributed by atoms with E-state index in [0.29, 0.717) is 13.2 Å². The van der Waals surface area contributed by atoms with E-state index in [1.807, 2.05) is 13.8 Å². The zero-order valence-corrected chi connectivity index (χ0v) is 8.47. The number of ether oxygens (including phenoxy) is 1. The lowest BCUT2D eigenvalue weighted by atomic mass is 10.1. The minimum Gasteiger partial charge on any atom is -0.379 e. The molecule has 1 rings (SSSR count). The predicted octanol–water partition coefficient (Wildman–Crippen LogP) is 1.30. The number of hydrogen-bond donors (Lipinski definition) is 1. The summed E-state index contributed by atoms with van der Waals surface area (Å²) in [6.07, 6.45) is 2.62. The Kier molecular flexibility index (Phi) is 3.71. The molecule has 0 saturated heterocycles. The van der Waals surface area contributed by atoms with Crippen LogP contribution in [0.25, 0.3) is 0 Å². The molecule has 1 aliphatic carbocycles. The van der Waals surface area contributed by atoms with Gasteiger partial charge in [0.15, 0.2) is 0 Å². The van der Waals surface area contributed by atoms with Gasteiger partial charge in [-0.1, -0.05) is 0 Å². The van der Waals surface area contributed by atoms with E-state index >= 15 is 0 Å². The highest BCUT2D eigenvalue weighted by molar-refractivity contribution is 5.04. The van der Waals surface area contributed by atoms with Crippen LogP contribution in [0.1, 0.15) is 26.7 Å². The van der Waals surface area contributed by atoms with Gasteiger partial charge in [-0.25, -0.2) is 0 Å². The second-order valence-electron chi connectivity index (χ2n) is 3.91. The summed E-state index contributed by atoms with van der Waals surface area (Å²) in [4.78, 5) is 0. The summed E-state index contributed by atoms with van der Waals surface area (Å²) in [6.45, 7) is 5.94. The van der Waals surface area contributed by atoms with E-state index in [-0.39, 0.29) is 0 Å². The molecule has 1 unspecified atom stereocenters. The first kappa shape index (κ1) is 10.5. The van der Waals surface area contributed by atoms with Crippen molar-refractivity contribution in [2.75, 3.05) is 19.8 Å². The van der Waals surface area contributed by atoms with E-state index in [9.17, 15) is 0 Å². The average molecular weight is 182 g/mol. The molecule has 1 atom stereocenters. The molecule has 74 valence electrons. The van der Waals surface area contributed by atoms with Crippen molar-refractivity contribution in [3.63, 3.8) is 0 Å². The summed E-state index contributed by atoms with van der Waals surface area (Å²) in [7, 11) is 0. The number of nitrogens with zero attached hydrogens (tertiary/aromatic N) is 1. The van der Waals surface area contributed by atoms with Crippen molar-refractivity contribution < 1.29 is 4.74 Å². The van der Waals surface area contributed by atoms with E-state index in [1.54, 1.807) is 0 Å². The molecule has 1 saturated carbocycles. The van der Waals surface area contributed by atoms with Gasteiger partial charge < -0.3 is 4.74 Å². The number of rotatable bonds is 6. The van der Waals surface area contributed by atoms with E-state index in [0.717, 1.165) is 12.5 Å². The highest BCUT2D eigenvalue weighted by Crippen LogP contribution is 2.28. The molecule has 13 heavy (non-hydrogen) atoms. The van der Waals surface area contributed by atoms with Gasteiger partial charge in [-0.3, -0.25) is 5.32 Å². The van der Waals surface area contributed by atoms with Crippen LogP contribution in [0.15, 0.2) is 0 Å². The lowest BCUT2D eigenvalue weighted by Crippen LogP contribution is -2.46. The van der Waals surface area contributed by atoms with Crippen molar-refractivity contribution in [2.45, 2.75) is 32.2 Å². The third-order valence-electron chi connectivity index (χ3n) is 2.32. The highest BCUT2D eigenvalue weighted by Gasteiger charge is 2.28. The van der Waals surface area contributed by atoms with Crippen molar-refractivity contribution in [2.24, 2.45) is 5.92 Å². The topological polar surface area (TPSA) is 45.0 Å². The molecule has 0 bridgehead atoms. The number of hydrogen-bond acceptors (Lipinski definition) is 3. The van der Waals surface area contributed by atoms with Gasteiger partial charge in [-0.05, 0) is 39.2 Å². The molecular weight excluding hydrogens is 164 g/mol. The molecule has 0 aromatic rings. The molecule has 0 aromatic carbocycles. The Hall–Kier alpha value is -0.590. The summed E-state index contributed by atoms with van der Waals surface area (Å²) < 4.78 is 5.26. The molecule has 0 aliphatic heterocycles. The third kappa shape index (κ3) is 3.75. The van der Waals surface area contributed by atoms with Gasteiger partial charge in [0, 0.05) is 6.61 Å². The van der Waals surface area contributed by atoms with E-state index in [2.05, 4.69) is 11.4 Å². The van der Waals surface area contributed by atoms with Crippen LogP contribution in [0, 0.1) is 17.2 Å². The molecule has 0 spiro atoms. The summed E-state index contributed by atoms with van der Waals surface area (Å²) in [5, 5.41) is 12.2. The average Bonchev–Trinajstić information content (AvgIpc) is 2.95. The number of nitrogens with one attached hydrogen (secondary N) is 1. The third-order valence-corrected chi connectivity index (χ3v) is 2.32. The van der Waals surface area contributed by atoms with Gasteiger partial charge in [0.1, 0.15) is 5.54 Å². The van der Waals surface area contributed by atoms with Crippen LogP contribution in [0.4, 0.5) is 0 Å². The maximum absolute atomic E-state index is 8.95. The Balaban J connectivity index is 2.24. The normalized spacial score (nSPS) is 20.7. The number of nitriles is 1. The SMILES string of the molecule is CCOCC(C)(C#N)NCC1CC1. The van der Waals surface area contributed by atoms with Crippen LogP contribution in [0.5, 0.6) is 0 Å². The molecule has 0 amide bonds. The molecule has 0 heterocycles. The largest absolute Gasteiger partial charge is 0.379 e. The van der Waals surface area contributed by atoms with Gasteiger partial charge in [-0.2, -0.15) is 5.26 Å². The van der Waals surface area contributed by atoms with Crippen LogP contribution in [-0.2, 0) is 4.74 Å². The molecule has 1 fully saturated rings. The molecule has 0 radical (unpaired) electrons. The fourth-order valence-corrected chi connectivity index (χ4v) is 1.12. The second-order valence-corrected chi connectivity index (χ2v) is 3.91. The highest BCUT2D eigenvalue weighted by atomic mass is 16.5. The Morgan fingerprint density at radius 1 is 1.62 bits per heavy atom. The van der Waals surface area contributed by atoms with Gasteiger partial charge in [0.2, 0.25) is 0 Å². The fraction of sp³-hybridized carbons (Fsp3) is 0.900. The maximum atomic E-state index is 8.95. The van der Waals surface area contributed by atoms with Crippen LogP contribution < -0.4 is 5.32 Å². The summed E-state index contributed by atoms with van der Waals surface area (Å²) in [6, 6.07) is 2.26. The zero-order chi connectivity index (χ0) is 9.73. The summed E-state index contributed by atoms with van der Waals surface area (Å²) in [5.41, 5.74) is -0.501. The zero-order valence-electron chi connectivity index (χ0n) is 8.47. The predicted molar refractivity (Wildman–Crippen MR) is 51.2 cm³/mol. The standard InChI is InChI=1S/C10H18N2O/c1-3-13-8-10(2,7-11)12-6-9-4-5-9/h9,12H,3-6,8H2,1-2H3. The van der Waals surface area contributed by atoms with E-state index in [4.69, 9.17) is 10.00 Å². The first-order valence-corrected chi connectivity index (χ1v) is 4.94. The smallest absolute Gasteiger partial charge is 0.127 e. The molecular formula is C10H18N2O. The van der Waals surface area contributed by atoms with Gasteiger partial charge >= 0.3 is 0 Å². The summed E-state index contributed by atoms with van der Waals surface area (Å²) >= 11 is 0. The summed E-state index contributed by atoms with van der Waals surface area (Å²) in [5.74, 6) is 0.800. The van der Waals surface area contributed by atoms with Crippen molar-refractivity contribution in [1.29, 1.82) is 5.26 Å². The molecule has 0 aromatic heterocycles. The van der Waals surface area contributed by atoms with Crippen LogP contribution in [0.2, 0.25) is 0 Å². The second kappa shape index (κ2) is 4.59.